The predicted molar refractivity (Wildman–Crippen MR) is 144 cm³/mol. The fourth-order valence-electron chi connectivity index (χ4n) is 4.60. The third-order valence-electron chi connectivity index (χ3n) is 6.85. The average molecular weight is 615 g/mol. The van der Waals surface area contributed by atoms with Crippen molar-refractivity contribution in [2.24, 2.45) is 0 Å². The Bertz CT molecular complexity index is 1290. The number of halogens is 6. The molecule has 3 rings (SSSR count). The van der Waals surface area contributed by atoms with E-state index in [1.54, 1.807) is 25.1 Å². The lowest BCUT2D eigenvalue weighted by molar-refractivity contribution is -0.137. The Labute approximate surface area is 236 Å². The van der Waals surface area contributed by atoms with E-state index in [0.717, 1.165) is 12.1 Å². The topological polar surface area (TPSA) is 69.7 Å². The zero-order valence-electron chi connectivity index (χ0n) is 21.1. The Morgan fingerprint density at radius 1 is 1.05 bits per heavy atom. The van der Waals surface area contributed by atoms with Crippen molar-refractivity contribution in [1.82, 2.24) is 14.5 Å². The van der Waals surface area contributed by atoms with Gasteiger partial charge in [-0.05, 0) is 62.2 Å². The molecule has 2 atom stereocenters. The van der Waals surface area contributed by atoms with Crippen LogP contribution in [-0.4, -0.2) is 62.0 Å². The van der Waals surface area contributed by atoms with Crippen molar-refractivity contribution in [3.05, 3.63) is 68.2 Å². The van der Waals surface area contributed by atoms with Crippen LogP contribution in [0.1, 0.15) is 37.0 Å². The first-order chi connectivity index (χ1) is 17.5. The summed E-state index contributed by atoms with van der Waals surface area (Å²) in [4.78, 5) is 15.7. The van der Waals surface area contributed by atoms with Gasteiger partial charge < -0.3 is 10.2 Å². The highest BCUT2D eigenvalue weighted by Crippen LogP contribution is 2.36. The lowest BCUT2D eigenvalue weighted by Crippen LogP contribution is -2.54. The van der Waals surface area contributed by atoms with Crippen LogP contribution in [0.2, 0.25) is 15.1 Å². The van der Waals surface area contributed by atoms with E-state index in [9.17, 15) is 26.4 Å². The van der Waals surface area contributed by atoms with E-state index >= 15 is 0 Å². The largest absolute Gasteiger partial charge is 0.417 e. The molecule has 0 spiro atoms. The normalized spacial score (nSPS) is 19.2. The Balaban J connectivity index is 1.80. The molecule has 1 amide bonds. The van der Waals surface area contributed by atoms with Gasteiger partial charge in [0.25, 0.3) is 0 Å². The van der Waals surface area contributed by atoms with Crippen molar-refractivity contribution in [3.8, 4) is 0 Å². The van der Waals surface area contributed by atoms with Crippen LogP contribution in [0, 0.1) is 0 Å². The van der Waals surface area contributed by atoms with Crippen LogP contribution in [0.25, 0.3) is 0 Å². The molecule has 0 saturated carbocycles. The number of carbonyl (C=O) groups excluding carboxylic acids is 1. The number of piperazine rings is 1. The van der Waals surface area contributed by atoms with E-state index in [2.05, 4.69) is 10.2 Å². The third-order valence-corrected chi connectivity index (χ3v) is 9.31. The van der Waals surface area contributed by atoms with Crippen LogP contribution >= 0.6 is 34.8 Å². The summed E-state index contributed by atoms with van der Waals surface area (Å²) in [6.07, 6.45) is -3.09. The van der Waals surface area contributed by atoms with E-state index in [1.807, 2.05) is 6.92 Å². The van der Waals surface area contributed by atoms with Crippen LogP contribution in [-0.2, 0) is 33.0 Å². The molecule has 0 aliphatic carbocycles. The number of rotatable bonds is 8. The molecule has 38 heavy (non-hydrogen) atoms. The molecule has 0 aromatic heterocycles. The van der Waals surface area contributed by atoms with Gasteiger partial charge in [0, 0.05) is 32.2 Å². The van der Waals surface area contributed by atoms with Gasteiger partial charge >= 0.3 is 6.18 Å². The first kappa shape index (κ1) is 31.0. The molecule has 1 N–H and O–H groups in total. The molecule has 1 unspecified atom stereocenters. The van der Waals surface area contributed by atoms with E-state index in [1.165, 1.54) is 16.6 Å². The second kappa shape index (κ2) is 11.9. The molecule has 1 fully saturated rings. The maximum Gasteiger partial charge on any atom is 0.417 e. The van der Waals surface area contributed by atoms with Crippen molar-refractivity contribution < 1.29 is 26.4 Å². The maximum atomic E-state index is 13.6. The fraction of sp³-hybridized carbons (Fsp3) is 0.480. The summed E-state index contributed by atoms with van der Waals surface area (Å²) < 4.78 is 65.3. The molecule has 0 radical (unpaired) electrons. The summed E-state index contributed by atoms with van der Waals surface area (Å²) in [6, 6.07) is 8.17. The van der Waals surface area contributed by atoms with Crippen molar-refractivity contribution in [1.29, 1.82) is 0 Å². The molecule has 1 saturated heterocycles. The van der Waals surface area contributed by atoms with Crippen molar-refractivity contribution >= 4 is 50.7 Å². The van der Waals surface area contributed by atoms with Gasteiger partial charge in [0.15, 0.2) is 0 Å². The molecule has 1 aliphatic heterocycles. The molecule has 0 bridgehead atoms. The molecule has 2 aromatic carbocycles. The summed E-state index contributed by atoms with van der Waals surface area (Å²) in [6.45, 7) is 5.25. The Morgan fingerprint density at radius 2 is 1.71 bits per heavy atom. The number of benzene rings is 2. The van der Waals surface area contributed by atoms with E-state index < -0.39 is 38.1 Å². The second-order valence-electron chi connectivity index (χ2n) is 9.73. The van der Waals surface area contributed by atoms with Gasteiger partial charge in [0.1, 0.15) is 0 Å². The highest BCUT2D eigenvalue weighted by Gasteiger charge is 2.38. The van der Waals surface area contributed by atoms with Crippen LogP contribution in [0.5, 0.6) is 0 Å². The Morgan fingerprint density at radius 3 is 2.29 bits per heavy atom. The minimum absolute atomic E-state index is 0.139. The number of hydrogen-bond donors (Lipinski definition) is 1. The molecular formula is C25H29Cl3F3N3O3S. The number of alkyl halides is 3. The summed E-state index contributed by atoms with van der Waals surface area (Å²) in [5.74, 6) is -0.401. The SMILES string of the molecule is C[C@H]1CN(CCC(C)(C(=O)NCc2ccc(Cl)c(C(F)(F)F)c2)c2ccc(Cl)c(Cl)c2)CCN1S(C)(=O)=O. The van der Waals surface area contributed by atoms with E-state index in [0.29, 0.717) is 43.2 Å². The van der Waals surface area contributed by atoms with Crippen molar-refractivity contribution in [3.63, 3.8) is 0 Å². The smallest absolute Gasteiger partial charge is 0.351 e. The maximum absolute atomic E-state index is 13.6. The summed E-state index contributed by atoms with van der Waals surface area (Å²) in [5, 5.41) is 2.94. The minimum Gasteiger partial charge on any atom is -0.351 e. The summed E-state index contributed by atoms with van der Waals surface area (Å²) in [5.41, 5.74) is -1.23. The van der Waals surface area contributed by atoms with Crippen LogP contribution < -0.4 is 5.32 Å². The molecule has 210 valence electrons. The van der Waals surface area contributed by atoms with Crippen LogP contribution in [0.4, 0.5) is 13.2 Å². The average Bonchev–Trinajstić information content (AvgIpc) is 2.82. The van der Waals surface area contributed by atoms with Crippen LogP contribution in [0.3, 0.4) is 0 Å². The monoisotopic (exact) mass is 613 g/mol. The van der Waals surface area contributed by atoms with Crippen LogP contribution in [0.15, 0.2) is 36.4 Å². The van der Waals surface area contributed by atoms with E-state index in [-0.39, 0.29) is 23.2 Å². The number of nitrogens with one attached hydrogen (secondary N) is 1. The molecule has 6 nitrogen and oxygen atoms in total. The standard InChI is InChI=1S/C25H29Cl3F3N3O3S/c1-16-15-33(10-11-34(16)38(3,36)37)9-8-24(2,18-5-7-21(27)22(28)13-18)23(35)32-14-17-4-6-20(26)19(12-17)25(29,30)31/h4-7,12-13,16H,8-11,14-15H2,1-3H3,(H,32,35)/t16-,24?/m0/s1. The Hall–Kier alpha value is -1.56. The van der Waals surface area contributed by atoms with Gasteiger partial charge in [0.2, 0.25) is 15.9 Å². The molecular weight excluding hydrogens is 586 g/mol. The zero-order valence-corrected chi connectivity index (χ0v) is 24.2. The number of amides is 1. The van der Waals surface area contributed by atoms with Gasteiger partial charge in [-0.2, -0.15) is 17.5 Å². The van der Waals surface area contributed by atoms with Gasteiger partial charge in [-0.25, -0.2) is 8.42 Å². The molecule has 1 heterocycles. The first-order valence-electron chi connectivity index (χ1n) is 11.8. The zero-order chi connectivity index (χ0) is 28.5. The molecule has 2 aromatic rings. The number of nitrogens with zero attached hydrogens (tertiary/aromatic N) is 2. The minimum atomic E-state index is -4.62. The second-order valence-corrected chi connectivity index (χ2v) is 12.9. The van der Waals surface area contributed by atoms with Gasteiger partial charge in [-0.1, -0.05) is 46.9 Å². The lowest BCUT2D eigenvalue weighted by atomic mass is 9.78. The van der Waals surface area contributed by atoms with Crippen molar-refractivity contribution in [2.75, 3.05) is 32.4 Å². The van der Waals surface area contributed by atoms with Gasteiger partial charge in [0.05, 0.1) is 32.3 Å². The summed E-state index contributed by atoms with van der Waals surface area (Å²) >= 11 is 18.0. The predicted octanol–water partition coefficient (Wildman–Crippen LogP) is 5.60. The van der Waals surface area contributed by atoms with E-state index in [4.69, 9.17) is 34.8 Å². The lowest BCUT2D eigenvalue weighted by Gasteiger charge is -2.40. The van der Waals surface area contributed by atoms with Gasteiger partial charge in [-0.3, -0.25) is 4.79 Å². The third kappa shape index (κ3) is 7.34. The quantitative estimate of drug-likeness (QED) is 0.421. The van der Waals surface area contributed by atoms with Gasteiger partial charge in [-0.15, -0.1) is 0 Å². The molecule has 13 heteroatoms. The number of sulfonamides is 1. The number of hydrogen-bond acceptors (Lipinski definition) is 4. The Kier molecular flexibility index (Phi) is 9.70. The summed E-state index contributed by atoms with van der Waals surface area (Å²) in [7, 11) is -3.32. The highest BCUT2D eigenvalue weighted by atomic mass is 35.5. The highest BCUT2D eigenvalue weighted by molar-refractivity contribution is 7.88. The molecule has 1 aliphatic rings. The fourth-order valence-corrected chi connectivity index (χ4v) is 6.26. The van der Waals surface area contributed by atoms with Crippen molar-refractivity contribution in [2.45, 2.75) is 44.4 Å². The number of carbonyl (C=O) groups is 1. The first-order valence-corrected chi connectivity index (χ1v) is 14.8.